The Morgan fingerprint density at radius 1 is 0.630 bits per heavy atom. The number of alkyl halides is 10. The Labute approximate surface area is 158 Å². The summed E-state index contributed by atoms with van der Waals surface area (Å²) >= 11 is 0. The van der Waals surface area contributed by atoms with Crippen LogP contribution in [0.25, 0.3) is 0 Å². The van der Waals surface area contributed by atoms with Gasteiger partial charge in [-0.2, -0.15) is 52.0 Å². The van der Waals surface area contributed by atoms with Gasteiger partial charge in [0.25, 0.3) is 0 Å². The molecule has 2 N–H and O–H groups in total. The molecule has 19 heteroatoms. The monoisotopic (exact) mass is 558 g/mol. The molecule has 0 aliphatic heterocycles. The molecule has 2 atom stereocenters. The molecule has 0 aliphatic rings. The van der Waals surface area contributed by atoms with E-state index in [2.05, 4.69) is 0 Å². The third-order valence-electron chi connectivity index (χ3n) is 2.42. The Morgan fingerprint density at radius 3 is 0.815 bits per heavy atom. The van der Waals surface area contributed by atoms with Crippen LogP contribution < -0.4 is 0 Å². The van der Waals surface area contributed by atoms with Crippen LogP contribution in [0.3, 0.4) is 0 Å². The summed E-state index contributed by atoms with van der Waals surface area (Å²) in [6.45, 7) is 0.109. The predicted octanol–water partition coefficient (Wildman–Crippen LogP) is 2.92. The SMILES string of the molecule is CC(F)C(F)(F)C(F)(F)S(=O)(=O)O.CC(F)C(F)(F)C(F)(F)S(=O)(=O)O.[Ru]. The van der Waals surface area contributed by atoms with Crippen LogP contribution in [0.5, 0.6) is 0 Å². The normalized spacial score (nSPS) is 16.5. The molecule has 168 valence electrons. The minimum absolute atomic E-state index is 0. The van der Waals surface area contributed by atoms with E-state index in [0.717, 1.165) is 0 Å². The Balaban J connectivity index is -0.000000411. The van der Waals surface area contributed by atoms with E-state index in [1.165, 1.54) is 0 Å². The molecule has 0 bridgehead atoms. The maximum atomic E-state index is 12.2. The number of hydrogen-bond acceptors (Lipinski definition) is 4. The van der Waals surface area contributed by atoms with Gasteiger partial charge in [-0.25, -0.2) is 8.78 Å². The molecular weight excluding hydrogens is 547 g/mol. The Bertz CT molecular complexity index is 630. The van der Waals surface area contributed by atoms with Gasteiger partial charge in [-0.1, -0.05) is 0 Å². The summed E-state index contributed by atoms with van der Waals surface area (Å²) in [7, 11) is -12.7. The van der Waals surface area contributed by atoms with Crippen molar-refractivity contribution in [3.63, 3.8) is 0 Å². The third-order valence-corrected chi connectivity index (χ3v) is 4.26. The first-order chi connectivity index (χ1) is 10.9. The Hall–Kier alpha value is -0.257. The van der Waals surface area contributed by atoms with Gasteiger partial charge in [-0.3, -0.25) is 9.11 Å². The van der Waals surface area contributed by atoms with Crippen molar-refractivity contribution in [3.05, 3.63) is 0 Å². The number of halogens is 10. The standard InChI is InChI=1S/2C4H5F5O3S.Ru/c2*1-2(5)3(6,7)4(8,9)13(10,11)12;/h2*2H,1H3,(H,10,11,12);. The summed E-state index contributed by atoms with van der Waals surface area (Å²) in [5, 5.41) is -11.7. The fourth-order valence-electron chi connectivity index (χ4n) is 0.807. The summed E-state index contributed by atoms with van der Waals surface area (Å²) in [6.07, 6.45) is -6.80. The van der Waals surface area contributed by atoms with Crippen molar-refractivity contribution in [2.24, 2.45) is 0 Å². The quantitative estimate of drug-likeness (QED) is 0.296. The van der Waals surface area contributed by atoms with Gasteiger partial charge in [-0.15, -0.1) is 0 Å². The van der Waals surface area contributed by atoms with Crippen molar-refractivity contribution in [1.29, 1.82) is 0 Å². The van der Waals surface area contributed by atoms with Gasteiger partial charge < -0.3 is 0 Å². The maximum Gasteiger partial charge on any atom is 0.434 e. The summed E-state index contributed by atoms with van der Waals surface area (Å²) in [4.78, 5) is 0. The van der Waals surface area contributed by atoms with Crippen molar-refractivity contribution in [3.8, 4) is 0 Å². The largest absolute Gasteiger partial charge is 0.434 e. The van der Waals surface area contributed by atoms with Crippen LogP contribution in [0.4, 0.5) is 43.9 Å². The van der Waals surface area contributed by atoms with Crippen molar-refractivity contribution in [2.45, 2.75) is 48.5 Å². The van der Waals surface area contributed by atoms with Crippen LogP contribution in [0, 0.1) is 0 Å². The second-order valence-corrected chi connectivity index (χ2v) is 7.39. The average Bonchev–Trinajstić information content (AvgIpc) is 2.35. The molecule has 0 aromatic carbocycles. The van der Waals surface area contributed by atoms with Crippen LogP contribution in [-0.4, -0.2) is 60.6 Å². The van der Waals surface area contributed by atoms with Crippen molar-refractivity contribution >= 4 is 20.2 Å². The molecule has 0 radical (unpaired) electrons. The molecule has 0 amide bonds. The van der Waals surface area contributed by atoms with E-state index in [0.29, 0.717) is 0 Å². The van der Waals surface area contributed by atoms with Crippen molar-refractivity contribution in [2.75, 3.05) is 0 Å². The summed E-state index contributed by atoms with van der Waals surface area (Å²) < 4.78 is 175. The zero-order valence-electron chi connectivity index (χ0n) is 12.6. The predicted molar refractivity (Wildman–Crippen MR) is 64.0 cm³/mol. The summed E-state index contributed by atoms with van der Waals surface area (Å²) in [5.74, 6) is -10.9. The Kier molecular flexibility index (Phi) is 10.5. The van der Waals surface area contributed by atoms with Gasteiger partial charge in [-0.05, 0) is 13.8 Å². The number of hydrogen-bond donors (Lipinski definition) is 2. The molecular formula is C8H10F10O6RuS2. The molecule has 0 saturated heterocycles. The molecule has 0 rings (SSSR count). The minimum atomic E-state index is -6.33. The molecule has 0 aromatic rings. The molecule has 6 nitrogen and oxygen atoms in total. The second-order valence-electron chi connectivity index (χ2n) is 4.46. The van der Waals surface area contributed by atoms with Crippen LogP contribution in [0.2, 0.25) is 0 Å². The first-order valence-corrected chi connectivity index (χ1v) is 8.50. The van der Waals surface area contributed by atoms with E-state index < -0.39 is 54.9 Å². The molecule has 0 spiro atoms. The van der Waals surface area contributed by atoms with E-state index in [1.807, 2.05) is 0 Å². The van der Waals surface area contributed by atoms with E-state index in [-0.39, 0.29) is 33.3 Å². The van der Waals surface area contributed by atoms with Crippen LogP contribution in [0.15, 0.2) is 0 Å². The molecule has 0 fully saturated rings. The van der Waals surface area contributed by atoms with E-state index >= 15 is 0 Å². The van der Waals surface area contributed by atoms with Gasteiger partial charge in [0.15, 0.2) is 12.3 Å². The van der Waals surface area contributed by atoms with Gasteiger partial charge in [0.05, 0.1) is 0 Å². The van der Waals surface area contributed by atoms with Gasteiger partial charge in [0.2, 0.25) is 0 Å². The van der Waals surface area contributed by atoms with E-state index in [1.54, 1.807) is 0 Å². The van der Waals surface area contributed by atoms with Crippen molar-refractivity contribution in [1.82, 2.24) is 0 Å². The average molecular weight is 557 g/mol. The van der Waals surface area contributed by atoms with Crippen LogP contribution in [0.1, 0.15) is 13.8 Å². The fraction of sp³-hybridized carbons (Fsp3) is 1.00. The molecule has 0 heterocycles. The first kappa shape index (κ1) is 31.4. The van der Waals surface area contributed by atoms with Gasteiger partial charge >= 0.3 is 42.6 Å². The zero-order chi connectivity index (χ0) is 22.2. The topological polar surface area (TPSA) is 109 Å². The molecule has 0 saturated carbocycles. The van der Waals surface area contributed by atoms with Gasteiger partial charge in [0, 0.05) is 19.5 Å². The van der Waals surface area contributed by atoms with Crippen LogP contribution >= 0.6 is 0 Å². The number of rotatable bonds is 6. The molecule has 0 aliphatic carbocycles. The van der Waals surface area contributed by atoms with Crippen LogP contribution in [-0.2, 0) is 39.7 Å². The van der Waals surface area contributed by atoms with Crippen molar-refractivity contribution < 1.29 is 89.3 Å². The minimum Gasteiger partial charge on any atom is -0.281 e. The zero-order valence-corrected chi connectivity index (χ0v) is 16.0. The fourth-order valence-corrected chi connectivity index (χ4v) is 1.82. The molecule has 2 unspecified atom stereocenters. The van der Waals surface area contributed by atoms with Gasteiger partial charge in [0.1, 0.15) is 0 Å². The molecule has 27 heavy (non-hydrogen) atoms. The second kappa shape index (κ2) is 9.04. The molecule has 0 aromatic heterocycles. The smallest absolute Gasteiger partial charge is 0.281 e. The Morgan fingerprint density at radius 2 is 0.778 bits per heavy atom. The maximum absolute atomic E-state index is 12.2. The third kappa shape index (κ3) is 6.37. The first-order valence-electron chi connectivity index (χ1n) is 5.62. The van der Waals surface area contributed by atoms with E-state index in [4.69, 9.17) is 9.11 Å². The van der Waals surface area contributed by atoms with E-state index in [9.17, 15) is 60.7 Å². The summed E-state index contributed by atoms with van der Waals surface area (Å²) in [6, 6.07) is 0. The summed E-state index contributed by atoms with van der Waals surface area (Å²) in [5.41, 5.74) is 0.